The van der Waals surface area contributed by atoms with Gasteiger partial charge >= 0.3 is 0 Å². The van der Waals surface area contributed by atoms with Crippen LogP contribution < -0.4 is 4.90 Å². The summed E-state index contributed by atoms with van der Waals surface area (Å²) in [5.41, 5.74) is 3.67. The fourth-order valence-electron chi connectivity index (χ4n) is 7.06. The zero-order valence-electron chi connectivity index (χ0n) is 26.5. The van der Waals surface area contributed by atoms with E-state index in [1.807, 2.05) is 81.2 Å². The van der Waals surface area contributed by atoms with Crippen LogP contribution in [0, 0.1) is 5.82 Å². The van der Waals surface area contributed by atoms with Gasteiger partial charge in [-0.25, -0.2) is 9.07 Å². The van der Waals surface area contributed by atoms with Gasteiger partial charge in [0, 0.05) is 64.9 Å². The highest BCUT2D eigenvalue weighted by Crippen LogP contribution is 2.29. The number of rotatable bonds is 7. The Labute approximate surface area is 281 Å². The molecule has 47 heavy (non-hydrogen) atoms. The summed E-state index contributed by atoms with van der Waals surface area (Å²) in [6.45, 7) is 6.84. The number of aromatic nitrogens is 4. The average molecular weight is 699 g/mol. The lowest BCUT2D eigenvalue weighted by Gasteiger charge is -2.44. The third-order valence-corrected chi connectivity index (χ3v) is 10.0. The first kappa shape index (κ1) is 31.3. The first-order valence-corrected chi connectivity index (χ1v) is 16.9. The number of nitrogens with zero attached hydrogens (tertiary/aromatic N) is 7. The molecule has 0 radical (unpaired) electrons. The van der Waals surface area contributed by atoms with Gasteiger partial charge in [-0.15, -0.1) is 5.10 Å². The molecule has 3 atom stereocenters. The van der Waals surface area contributed by atoms with Crippen molar-refractivity contribution in [2.45, 2.75) is 57.9 Å². The SMILES string of the molecule is C[C@@H]1CN(C(=O)c2cc3ccccc3n2Cc2ccccc2F)C[C@H](C)N1Cc1cn(C2CCCN(c3ccc(Br)cc3)C2=O)nn1. The molecule has 2 saturated heterocycles. The van der Waals surface area contributed by atoms with Crippen molar-refractivity contribution < 1.29 is 14.0 Å². The van der Waals surface area contributed by atoms with Gasteiger partial charge in [-0.05, 0) is 69.2 Å². The number of carbonyl (C=O) groups excluding carboxylic acids is 2. The molecule has 1 unspecified atom stereocenters. The second-order valence-corrected chi connectivity index (χ2v) is 13.6. The molecule has 2 aliphatic rings. The minimum Gasteiger partial charge on any atom is -0.334 e. The molecule has 2 aromatic heterocycles. The lowest BCUT2D eigenvalue weighted by atomic mass is 10.0. The Morgan fingerprint density at radius 3 is 2.45 bits per heavy atom. The molecule has 11 heteroatoms. The number of fused-ring (bicyclic) bond motifs is 1. The van der Waals surface area contributed by atoms with Crippen LogP contribution in [-0.2, 0) is 17.9 Å². The van der Waals surface area contributed by atoms with Crippen molar-refractivity contribution in [3.05, 3.63) is 112 Å². The van der Waals surface area contributed by atoms with E-state index in [4.69, 9.17) is 0 Å². The highest BCUT2D eigenvalue weighted by Gasteiger charge is 2.35. The Morgan fingerprint density at radius 2 is 1.68 bits per heavy atom. The Balaban J connectivity index is 1.05. The van der Waals surface area contributed by atoms with E-state index < -0.39 is 6.04 Å². The van der Waals surface area contributed by atoms with Crippen molar-refractivity contribution in [1.29, 1.82) is 0 Å². The lowest BCUT2D eigenvalue weighted by Crippen LogP contribution is -2.57. The summed E-state index contributed by atoms with van der Waals surface area (Å²) in [5.74, 6) is -0.324. The first-order chi connectivity index (χ1) is 22.8. The number of halogens is 2. The second kappa shape index (κ2) is 13.0. The van der Waals surface area contributed by atoms with Crippen LogP contribution in [0.1, 0.15) is 54.5 Å². The normalized spacial score (nSPS) is 20.7. The van der Waals surface area contributed by atoms with Gasteiger partial charge in [0.15, 0.2) is 0 Å². The largest absolute Gasteiger partial charge is 0.334 e. The van der Waals surface area contributed by atoms with Gasteiger partial charge in [-0.3, -0.25) is 14.5 Å². The van der Waals surface area contributed by atoms with Crippen LogP contribution >= 0.6 is 15.9 Å². The summed E-state index contributed by atoms with van der Waals surface area (Å²) in [6.07, 6.45) is 3.49. The quantitative estimate of drug-likeness (QED) is 0.200. The fourth-order valence-corrected chi connectivity index (χ4v) is 7.32. The summed E-state index contributed by atoms with van der Waals surface area (Å²) in [5, 5.41) is 9.81. The van der Waals surface area contributed by atoms with E-state index >= 15 is 0 Å². The molecule has 0 aliphatic carbocycles. The van der Waals surface area contributed by atoms with Gasteiger partial charge < -0.3 is 14.4 Å². The number of carbonyl (C=O) groups is 2. The molecule has 0 bridgehead atoms. The van der Waals surface area contributed by atoms with Gasteiger partial charge in [0.05, 0.1) is 18.4 Å². The molecular formula is C36H37BrFN7O2. The smallest absolute Gasteiger partial charge is 0.270 e. The monoisotopic (exact) mass is 697 g/mol. The number of benzene rings is 3. The molecule has 2 aliphatic heterocycles. The van der Waals surface area contributed by atoms with Crippen LogP contribution in [0.3, 0.4) is 0 Å². The molecule has 3 aromatic carbocycles. The topological polar surface area (TPSA) is 79.5 Å². The summed E-state index contributed by atoms with van der Waals surface area (Å²) in [7, 11) is 0. The number of hydrogen-bond acceptors (Lipinski definition) is 5. The third kappa shape index (κ3) is 6.21. The van der Waals surface area contributed by atoms with Crippen LogP contribution in [0.4, 0.5) is 10.1 Å². The average Bonchev–Trinajstić information content (AvgIpc) is 3.69. The Morgan fingerprint density at radius 1 is 0.957 bits per heavy atom. The number of hydrogen-bond donors (Lipinski definition) is 0. The summed E-state index contributed by atoms with van der Waals surface area (Å²) in [6, 6.07) is 24.0. The Bertz CT molecular complexity index is 1910. The van der Waals surface area contributed by atoms with E-state index in [1.165, 1.54) is 6.07 Å². The van der Waals surface area contributed by atoms with Crippen molar-refractivity contribution in [2.75, 3.05) is 24.5 Å². The molecule has 0 N–H and O–H groups in total. The van der Waals surface area contributed by atoms with E-state index in [1.54, 1.807) is 16.8 Å². The zero-order chi connectivity index (χ0) is 32.7. The highest BCUT2D eigenvalue weighted by molar-refractivity contribution is 9.10. The highest BCUT2D eigenvalue weighted by atomic mass is 79.9. The van der Waals surface area contributed by atoms with Crippen molar-refractivity contribution in [2.24, 2.45) is 0 Å². The first-order valence-electron chi connectivity index (χ1n) is 16.1. The van der Waals surface area contributed by atoms with Crippen molar-refractivity contribution in [3.63, 3.8) is 0 Å². The van der Waals surface area contributed by atoms with Crippen LogP contribution in [-0.4, -0.2) is 72.9 Å². The molecule has 0 spiro atoms. The molecule has 2 amide bonds. The summed E-state index contributed by atoms with van der Waals surface area (Å²) < 4.78 is 19.3. The molecule has 242 valence electrons. The van der Waals surface area contributed by atoms with E-state index in [9.17, 15) is 14.0 Å². The lowest BCUT2D eigenvalue weighted by molar-refractivity contribution is -0.123. The van der Waals surface area contributed by atoms with E-state index in [-0.39, 0.29) is 36.3 Å². The van der Waals surface area contributed by atoms with Crippen LogP contribution in [0.5, 0.6) is 0 Å². The Kier molecular flexibility index (Phi) is 8.67. The van der Waals surface area contributed by atoms with Crippen LogP contribution in [0.2, 0.25) is 0 Å². The van der Waals surface area contributed by atoms with Gasteiger partial charge in [0.25, 0.3) is 11.8 Å². The van der Waals surface area contributed by atoms with E-state index in [0.717, 1.165) is 39.6 Å². The standard InChI is InChI=1S/C36H37BrFN7O2/c1-24-19-41(35(46)34-18-26-8-4-6-11-32(26)44(34)21-27-9-3-5-10-31(27)38)20-25(2)43(24)22-29-23-45(40-39-29)33-12-7-17-42(36(33)47)30-15-13-28(37)14-16-30/h3-6,8-11,13-16,18,23-25,33H,7,12,17,19-22H2,1-2H3/t24-,25+,33?. The fraction of sp³-hybridized carbons (Fsp3) is 0.333. The van der Waals surface area contributed by atoms with E-state index in [2.05, 4.69) is 45.0 Å². The van der Waals surface area contributed by atoms with Gasteiger partial charge in [0.2, 0.25) is 0 Å². The predicted molar refractivity (Wildman–Crippen MR) is 183 cm³/mol. The predicted octanol–water partition coefficient (Wildman–Crippen LogP) is 6.29. The number of piperidine rings is 1. The Hall–Kier alpha value is -4.35. The number of anilines is 1. The summed E-state index contributed by atoms with van der Waals surface area (Å²) in [4.78, 5) is 33.7. The molecule has 7 rings (SSSR count). The molecular weight excluding hydrogens is 661 g/mol. The third-order valence-electron chi connectivity index (χ3n) is 9.48. The molecule has 5 aromatic rings. The maximum Gasteiger partial charge on any atom is 0.270 e. The number of amides is 2. The van der Waals surface area contributed by atoms with Gasteiger partial charge in [0.1, 0.15) is 17.6 Å². The zero-order valence-corrected chi connectivity index (χ0v) is 28.1. The maximum atomic E-state index is 14.7. The minimum absolute atomic E-state index is 0.0244. The van der Waals surface area contributed by atoms with Gasteiger partial charge in [-0.2, -0.15) is 0 Å². The molecule has 4 heterocycles. The van der Waals surface area contributed by atoms with Crippen LogP contribution in [0.25, 0.3) is 10.9 Å². The summed E-state index contributed by atoms with van der Waals surface area (Å²) >= 11 is 3.47. The molecule has 9 nitrogen and oxygen atoms in total. The minimum atomic E-state index is -0.394. The van der Waals surface area contributed by atoms with Crippen molar-refractivity contribution in [3.8, 4) is 0 Å². The van der Waals surface area contributed by atoms with E-state index in [0.29, 0.717) is 37.4 Å². The molecule has 2 fully saturated rings. The number of piperazine rings is 1. The van der Waals surface area contributed by atoms with Crippen molar-refractivity contribution >= 4 is 44.3 Å². The maximum absolute atomic E-state index is 14.7. The molecule has 0 saturated carbocycles. The van der Waals surface area contributed by atoms with Crippen molar-refractivity contribution in [1.82, 2.24) is 29.4 Å². The van der Waals surface area contributed by atoms with Gasteiger partial charge in [-0.1, -0.05) is 57.5 Å². The van der Waals surface area contributed by atoms with Crippen LogP contribution in [0.15, 0.2) is 89.5 Å². The second-order valence-electron chi connectivity index (χ2n) is 12.7. The number of para-hydroxylation sites is 1.